The molecule has 0 radical (unpaired) electrons. The Hall–Kier alpha value is -0.790. The lowest BCUT2D eigenvalue weighted by Gasteiger charge is -2.12. The second-order valence-electron chi connectivity index (χ2n) is 1.17. The quantitative estimate of drug-likeness (QED) is 0.466. The largest absolute Gasteiger partial charge is 0.517 e. The maximum atomic E-state index is 4.93. The maximum absolute atomic E-state index is 4.93. The summed E-state index contributed by atoms with van der Waals surface area (Å²) < 4.78 is 4.93. The minimum atomic E-state index is 0.703. The van der Waals surface area contributed by atoms with Crippen molar-refractivity contribution in [1.29, 1.82) is 0 Å². The molecule has 38 valence electrons. The first-order chi connectivity index (χ1) is 3.43. The van der Waals surface area contributed by atoms with Crippen molar-refractivity contribution in [2.45, 2.75) is 6.92 Å². The minimum Gasteiger partial charge on any atom is -0.517 e. The second-order valence-corrected chi connectivity index (χ2v) is 1.17. The first-order valence-electron chi connectivity index (χ1n) is 2.22. The third-order valence-electron chi connectivity index (χ3n) is 0.656. The van der Waals surface area contributed by atoms with Crippen LogP contribution in [0.25, 0.3) is 0 Å². The molecule has 0 spiro atoms. The van der Waals surface area contributed by atoms with Gasteiger partial charge in [-0.25, -0.2) is 0 Å². The highest BCUT2D eigenvalue weighted by Gasteiger charge is 1.86. The molecule has 1 heterocycles. The smallest absolute Gasteiger partial charge is 0.0823 e. The van der Waals surface area contributed by atoms with Crippen molar-refractivity contribution < 1.29 is 4.74 Å². The van der Waals surface area contributed by atoms with Crippen LogP contribution >= 0.6 is 0 Å². The minimum absolute atomic E-state index is 0.703. The highest BCUT2D eigenvalue weighted by atomic mass is 16.5. The molecule has 0 saturated carbocycles. The van der Waals surface area contributed by atoms with Gasteiger partial charge in [0.1, 0.15) is 0 Å². The van der Waals surface area contributed by atoms with Crippen LogP contribution in [0, 0.1) is 0 Å². The monoisotopic (exact) mass is 96.0 g/mol. The van der Waals surface area contributed by atoms with Gasteiger partial charge in [-0.2, -0.15) is 0 Å². The lowest BCUT2D eigenvalue weighted by Crippen LogP contribution is -1.97. The summed E-state index contributed by atoms with van der Waals surface area (Å²) in [4.78, 5) is 3.58. The van der Waals surface area contributed by atoms with Gasteiger partial charge >= 0.3 is 0 Å². The zero-order chi connectivity index (χ0) is 5.11. The fourth-order valence-corrected chi connectivity index (χ4v) is 0.342. The van der Waals surface area contributed by atoms with E-state index in [9.17, 15) is 0 Å². The number of aliphatic imine (C=N–C) groups is 1. The van der Waals surface area contributed by atoms with E-state index in [2.05, 4.69) is 11.2 Å². The van der Waals surface area contributed by atoms with Gasteiger partial charge in [0.25, 0.3) is 0 Å². The first-order valence-corrected chi connectivity index (χ1v) is 2.22. The first kappa shape index (κ1) is 4.37. The predicted octanol–water partition coefficient (Wildman–Crippen LogP) is 0.826. The Kier molecular flexibility index (Phi) is 1.11. The zero-order valence-corrected chi connectivity index (χ0v) is 4.14. The summed E-state index contributed by atoms with van der Waals surface area (Å²) in [5, 5.41) is 0. The van der Waals surface area contributed by atoms with Crippen molar-refractivity contribution in [3.05, 3.63) is 12.0 Å². The summed E-state index contributed by atoms with van der Waals surface area (Å²) >= 11 is 0. The Labute approximate surface area is 42.5 Å². The lowest BCUT2D eigenvalue weighted by atomic mass is 10.5. The van der Waals surface area contributed by atoms with Crippen LogP contribution in [0.1, 0.15) is 6.92 Å². The molecule has 0 aromatic heterocycles. The Balaban J connectivity index is 2.17. The van der Waals surface area contributed by atoms with Gasteiger partial charge in [-0.05, 0) is 19.3 Å². The predicted molar refractivity (Wildman–Crippen MR) is 27.1 cm³/mol. The van der Waals surface area contributed by atoms with Gasteiger partial charge in [-0.15, -0.1) is 0 Å². The molecule has 2 heteroatoms. The summed E-state index contributed by atoms with van der Waals surface area (Å²) in [5.41, 5.74) is 0. The SMILES string of the molecule is CCOC1=CN=[C-]1. The van der Waals surface area contributed by atoms with Crippen LogP contribution in [0.5, 0.6) is 0 Å². The molecule has 0 bridgehead atoms. The summed E-state index contributed by atoms with van der Waals surface area (Å²) in [7, 11) is 0. The second kappa shape index (κ2) is 1.78. The lowest BCUT2D eigenvalue weighted by molar-refractivity contribution is 0.247. The van der Waals surface area contributed by atoms with Crippen LogP contribution in [0.3, 0.4) is 0 Å². The molecule has 2 nitrogen and oxygen atoms in total. The van der Waals surface area contributed by atoms with E-state index in [0.29, 0.717) is 6.61 Å². The van der Waals surface area contributed by atoms with Crippen molar-refractivity contribution in [3.8, 4) is 0 Å². The van der Waals surface area contributed by atoms with Gasteiger partial charge in [0.2, 0.25) is 0 Å². The van der Waals surface area contributed by atoms with E-state index in [0.717, 1.165) is 5.76 Å². The molecule has 0 aliphatic carbocycles. The summed E-state index contributed by atoms with van der Waals surface area (Å²) in [6.45, 7) is 2.63. The molecule has 0 N–H and O–H groups in total. The summed E-state index contributed by atoms with van der Waals surface area (Å²) in [6, 6.07) is 0. The van der Waals surface area contributed by atoms with Crippen LogP contribution in [0.15, 0.2) is 17.0 Å². The summed E-state index contributed by atoms with van der Waals surface area (Å²) in [6.07, 6.45) is 4.25. The average Bonchev–Trinajstić information content (AvgIpc) is 1.55. The molecule has 0 atom stereocenters. The molecular formula is C5H6NO-. The van der Waals surface area contributed by atoms with E-state index in [4.69, 9.17) is 4.74 Å². The zero-order valence-electron chi connectivity index (χ0n) is 4.14. The van der Waals surface area contributed by atoms with Crippen molar-refractivity contribution >= 4 is 6.21 Å². The van der Waals surface area contributed by atoms with Crippen molar-refractivity contribution in [2.24, 2.45) is 4.99 Å². The van der Waals surface area contributed by atoms with Crippen molar-refractivity contribution in [1.82, 2.24) is 0 Å². The molecule has 1 aliphatic heterocycles. The van der Waals surface area contributed by atoms with Crippen LogP contribution in [-0.4, -0.2) is 12.8 Å². The summed E-state index contributed by atoms with van der Waals surface area (Å²) in [5.74, 6) is 0.766. The Morgan fingerprint density at radius 1 is 2.00 bits per heavy atom. The standard InChI is InChI=1S/C5H6NO/c1-2-7-5-3-6-4-5/h3H,2H2,1H3/q-1. The van der Waals surface area contributed by atoms with E-state index in [1.165, 1.54) is 0 Å². The third kappa shape index (κ3) is 0.796. The van der Waals surface area contributed by atoms with Crippen molar-refractivity contribution in [2.75, 3.05) is 6.61 Å². The van der Waals surface area contributed by atoms with E-state index in [1.807, 2.05) is 6.92 Å². The molecule has 7 heavy (non-hydrogen) atoms. The Bertz CT molecular complexity index is 115. The molecule has 0 unspecified atom stereocenters. The highest BCUT2D eigenvalue weighted by Crippen LogP contribution is 2.00. The van der Waals surface area contributed by atoms with Gasteiger partial charge in [-0.1, -0.05) is 0 Å². The van der Waals surface area contributed by atoms with Gasteiger partial charge in [-0.3, -0.25) is 0 Å². The van der Waals surface area contributed by atoms with Gasteiger partial charge < -0.3 is 9.73 Å². The molecule has 1 rings (SSSR count). The molecule has 1 aliphatic rings. The molecule has 0 aromatic carbocycles. The molecule has 0 saturated heterocycles. The maximum Gasteiger partial charge on any atom is 0.0823 e. The fourth-order valence-electron chi connectivity index (χ4n) is 0.342. The third-order valence-corrected chi connectivity index (χ3v) is 0.656. The van der Waals surface area contributed by atoms with Gasteiger partial charge in [0.15, 0.2) is 0 Å². The number of hydrogen-bond donors (Lipinski definition) is 0. The molecular weight excluding hydrogens is 90.1 g/mol. The fraction of sp³-hybridized carbons (Fsp3) is 0.400. The molecule has 0 aromatic rings. The number of rotatable bonds is 2. The Morgan fingerprint density at radius 2 is 2.71 bits per heavy atom. The van der Waals surface area contributed by atoms with Crippen LogP contribution in [0.2, 0.25) is 0 Å². The number of hydrogen-bond acceptors (Lipinski definition) is 2. The van der Waals surface area contributed by atoms with E-state index in [1.54, 1.807) is 6.20 Å². The number of ether oxygens (including phenoxy) is 1. The Morgan fingerprint density at radius 3 is 2.86 bits per heavy atom. The van der Waals surface area contributed by atoms with Crippen LogP contribution in [-0.2, 0) is 4.74 Å². The van der Waals surface area contributed by atoms with E-state index >= 15 is 0 Å². The van der Waals surface area contributed by atoms with E-state index in [-0.39, 0.29) is 0 Å². The van der Waals surface area contributed by atoms with Crippen LogP contribution < -0.4 is 0 Å². The van der Waals surface area contributed by atoms with Gasteiger partial charge in [0.05, 0.1) is 6.61 Å². The highest BCUT2D eigenvalue weighted by molar-refractivity contribution is 5.81. The normalized spacial score (nSPS) is 15.3. The molecule has 0 amide bonds. The van der Waals surface area contributed by atoms with E-state index < -0.39 is 0 Å². The van der Waals surface area contributed by atoms with Crippen LogP contribution in [0.4, 0.5) is 0 Å². The average molecular weight is 96.1 g/mol. The number of nitrogens with zero attached hydrogens (tertiary/aromatic N) is 1. The number of allylic oxidation sites excluding steroid dienone is 1. The van der Waals surface area contributed by atoms with Crippen molar-refractivity contribution in [3.63, 3.8) is 0 Å². The topological polar surface area (TPSA) is 21.6 Å². The molecule has 0 fully saturated rings. The van der Waals surface area contributed by atoms with Gasteiger partial charge in [0, 0.05) is 5.76 Å².